The van der Waals surface area contributed by atoms with Crippen molar-refractivity contribution in [3.8, 4) is 0 Å². The summed E-state index contributed by atoms with van der Waals surface area (Å²) >= 11 is 5.95. The molecule has 3 unspecified atom stereocenters. The van der Waals surface area contributed by atoms with Gasteiger partial charge in [0.05, 0.1) is 48.4 Å². The van der Waals surface area contributed by atoms with Crippen molar-refractivity contribution >= 4 is 29.4 Å². The van der Waals surface area contributed by atoms with Crippen LogP contribution in [0.25, 0.3) is 0 Å². The molecule has 3 N–H and O–H groups in total. The molecule has 2 rings (SSSR count). The fourth-order valence-corrected chi connectivity index (χ4v) is 5.08. The van der Waals surface area contributed by atoms with E-state index in [0.717, 1.165) is 12.0 Å². The Morgan fingerprint density at radius 3 is 2.53 bits per heavy atom. The molecule has 10 heteroatoms. The highest BCUT2D eigenvalue weighted by molar-refractivity contribution is 6.18. The molecule has 38 heavy (non-hydrogen) atoms. The van der Waals surface area contributed by atoms with Crippen LogP contribution in [0.5, 0.6) is 0 Å². The number of aliphatic carboxylic acids is 1. The monoisotopic (exact) mass is 555 g/mol. The second kappa shape index (κ2) is 14.8. The molecule has 8 atom stereocenters. The minimum absolute atomic E-state index is 0.00625. The van der Waals surface area contributed by atoms with E-state index in [4.69, 9.17) is 30.9 Å². The molecular formula is C28H42ClNO8. The molecule has 0 spiro atoms. The van der Waals surface area contributed by atoms with E-state index in [-0.39, 0.29) is 48.8 Å². The van der Waals surface area contributed by atoms with Gasteiger partial charge in [-0.05, 0) is 45.6 Å². The number of esters is 1. The molecule has 0 bridgehead atoms. The predicted octanol–water partition coefficient (Wildman–Crippen LogP) is 3.68. The maximum atomic E-state index is 12.3. The first kappa shape index (κ1) is 32.0. The number of aliphatic hydroxyl groups is 1. The standard InChI is InChI=1S/C28H42ClNO8/c1-17(6-9-22-14-28(35,16-29)15-23(38-22)13-27(33)34)7-10-25-18(2)12-24(20(4)37-25)30-26(32)11-8-19(3)36-21(5)31/h6-9,11,18-20,22-25,35H,10,12-16H2,1-5H3,(H,30,32)(H,33,34)/t18-,19-,20+,22?,23?,24+,25-,28?/m0/s1. The largest absolute Gasteiger partial charge is 0.481 e. The number of allylic oxidation sites excluding steroid dienone is 2. The Kier molecular flexibility index (Phi) is 12.5. The molecule has 0 radical (unpaired) electrons. The molecule has 0 aliphatic carbocycles. The van der Waals surface area contributed by atoms with Crippen LogP contribution in [0, 0.1) is 5.92 Å². The average Bonchev–Trinajstić information content (AvgIpc) is 2.81. The topological polar surface area (TPSA) is 131 Å². The lowest BCUT2D eigenvalue weighted by molar-refractivity contribution is -0.150. The summed E-state index contributed by atoms with van der Waals surface area (Å²) in [6.45, 7) is 9.01. The summed E-state index contributed by atoms with van der Waals surface area (Å²) < 4.78 is 17.1. The Balaban J connectivity index is 1.88. The van der Waals surface area contributed by atoms with Crippen LogP contribution in [-0.2, 0) is 28.6 Å². The summed E-state index contributed by atoms with van der Waals surface area (Å²) in [4.78, 5) is 34.4. The van der Waals surface area contributed by atoms with Gasteiger partial charge in [0.15, 0.2) is 0 Å². The van der Waals surface area contributed by atoms with Gasteiger partial charge in [0.25, 0.3) is 0 Å². The van der Waals surface area contributed by atoms with Gasteiger partial charge in [0, 0.05) is 25.8 Å². The fraction of sp³-hybridized carbons (Fsp3) is 0.679. The summed E-state index contributed by atoms with van der Waals surface area (Å²) in [7, 11) is 0. The van der Waals surface area contributed by atoms with Crippen LogP contribution < -0.4 is 5.32 Å². The number of halogens is 1. The number of hydrogen-bond donors (Lipinski definition) is 3. The SMILES string of the molecule is CC(=O)O[C@@H](C)C=CC(=O)N[C@@H]1C[C@H](C)[C@H](CC=C(C)C=CC2CC(O)(CCl)CC(CC(=O)O)O2)O[C@@H]1C. The van der Waals surface area contributed by atoms with Crippen LogP contribution in [0.2, 0.25) is 0 Å². The molecule has 2 aliphatic rings. The number of nitrogens with one attached hydrogen (secondary N) is 1. The molecule has 214 valence electrons. The third-order valence-corrected chi connectivity index (χ3v) is 7.37. The Hall–Kier alpha value is -2.20. The number of alkyl halides is 1. The zero-order chi connectivity index (χ0) is 28.5. The number of carbonyl (C=O) groups excluding carboxylic acids is 2. The number of amides is 1. The van der Waals surface area contributed by atoms with Crippen molar-refractivity contribution in [2.24, 2.45) is 5.92 Å². The van der Waals surface area contributed by atoms with Gasteiger partial charge in [-0.1, -0.05) is 30.7 Å². The van der Waals surface area contributed by atoms with Crippen molar-refractivity contribution in [1.29, 1.82) is 0 Å². The van der Waals surface area contributed by atoms with Gasteiger partial charge < -0.3 is 29.7 Å². The van der Waals surface area contributed by atoms with Gasteiger partial charge in [0.1, 0.15) is 6.10 Å². The lowest BCUT2D eigenvalue weighted by atomic mass is 9.87. The Morgan fingerprint density at radius 1 is 1.18 bits per heavy atom. The summed E-state index contributed by atoms with van der Waals surface area (Å²) in [5.41, 5.74) is -0.162. The van der Waals surface area contributed by atoms with Crippen molar-refractivity contribution in [1.82, 2.24) is 5.32 Å². The van der Waals surface area contributed by atoms with E-state index in [2.05, 4.69) is 18.3 Å². The molecule has 0 saturated carbocycles. The molecule has 2 aliphatic heterocycles. The second-order valence-corrected chi connectivity index (χ2v) is 10.9. The zero-order valence-corrected chi connectivity index (χ0v) is 23.6. The molecule has 2 heterocycles. The zero-order valence-electron chi connectivity index (χ0n) is 22.9. The molecule has 0 aromatic rings. The first-order valence-electron chi connectivity index (χ1n) is 13.1. The lowest BCUT2D eigenvalue weighted by Crippen LogP contribution is -2.50. The Morgan fingerprint density at radius 2 is 1.89 bits per heavy atom. The fourth-order valence-electron chi connectivity index (χ4n) is 4.86. The van der Waals surface area contributed by atoms with Crippen molar-refractivity contribution < 1.29 is 38.8 Å². The van der Waals surface area contributed by atoms with Crippen molar-refractivity contribution in [2.75, 3.05) is 5.88 Å². The van der Waals surface area contributed by atoms with Crippen molar-refractivity contribution in [3.05, 3.63) is 36.0 Å². The average molecular weight is 556 g/mol. The van der Waals surface area contributed by atoms with Crippen LogP contribution >= 0.6 is 11.6 Å². The lowest BCUT2D eigenvalue weighted by Gasteiger charge is -2.39. The summed E-state index contributed by atoms with van der Waals surface area (Å²) in [6.07, 6.45) is 8.85. The predicted molar refractivity (Wildman–Crippen MR) is 144 cm³/mol. The highest BCUT2D eigenvalue weighted by atomic mass is 35.5. The summed E-state index contributed by atoms with van der Waals surface area (Å²) in [5, 5.41) is 22.8. The van der Waals surface area contributed by atoms with Crippen molar-refractivity contribution in [3.63, 3.8) is 0 Å². The molecule has 0 aromatic heterocycles. The van der Waals surface area contributed by atoms with Crippen LogP contribution in [0.1, 0.15) is 66.7 Å². The third-order valence-electron chi connectivity index (χ3n) is 6.87. The smallest absolute Gasteiger partial charge is 0.305 e. The van der Waals surface area contributed by atoms with E-state index in [1.807, 2.05) is 26.0 Å². The number of carboxylic acid groups (broad SMARTS) is 1. The van der Waals surface area contributed by atoms with E-state index in [0.29, 0.717) is 12.8 Å². The van der Waals surface area contributed by atoms with Crippen LogP contribution in [0.15, 0.2) is 36.0 Å². The maximum absolute atomic E-state index is 12.3. The molecule has 2 saturated heterocycles. The first-order valence-corrected chi connectivity index (χ1v) is 13.7. The van der Waals surface area contributed by atoms with Gasteiger partial charge in [-0.15, -0.1) is 11.6 Å². The number of hydrogen-bond acceptors (Lipinski definition) is 7. The molecule has 1 amide bonds. The number of carboxylic acids is 1. The first-order chi connectivity index (χ1) is 17.8. The van der Waals surface area contributed by atoms with Crippen LogP contribution in [0.4, 0.5) is 0 Å². The third kappa shape index (κ3) is 10.9. The van der Waals surface area contributed by atoms with E-state index < -0.39 is 35.9 Å². The Labute approximate surface area is 230 Å². The van der Waals surface area contributed by atoms with Crippen LogP contribution in [-0.4, -0.2) is 76.1 Å². The molecular weight excluding hydrogens is 514 g/mol. The highest BCUT2D eigenvalue weighted by Gasteiger charge is 2.39. The van der Waals surface area contributed by atoms with E-state index >= 15 is 0 Å². The maximum Gasteiger partial charge on any atom is 0.305 e. The normalized spacial score (nSPS) is 33.3. The van der Waals surface area contributed by atoms with Gasteiger partial charge in [-0.2, -0.15) is 0 Å². The van der Waals surface area contributed by atoms with E-state index in [9.17, 15) is 19.5 Å². The number of ether oxygens (including phenoxy) is 3. The Bertz CT molecular complexity index is 919. The quantitative estimate of drug-likeness (QED) is 0.152. The van der Waals surface area contributed by atoms with E-state index in [1.165, 1.54) is 13.0 Å². The van der Waals surface area contributed by atoms with Gasteiger partial charge in [-0.3, -0.25) is 14.4 Å². The minimum atomic E-state index is -1.16. The van der Waals surface area contributed by atoms with Gasteiger partial charge in [0.2, 0.25) is 5.91 Å². The number of carbonyl (C=O) groups is 3. The molecule has 2 fully saturated rings. The van der Waals surface area contributed by atoms with Gasteiger partial charge in [-0.25, -0.2) is 0 Å². The van der Waals surface area contributed by atoms with Crippen molar-refractivity contribution in [2.45, 2.75) is 109 Å². The molecule has 9 nitrogen and oxygen atoms in total. The summed E-state index contributed by atoms with van der Waals surface area (Å²) in [6, 6.07) is -0.129. The second-order valence-electron chi connectivity index (χ2n) is 10.6. The molecule has 0 aromatic carbocycles. The highest BCUT2D eigenvalue weighted by Crippen LogP contribution is 2.32. The minimum Gasteiger partial charge on any atom is -0.481 e. The van der Waals surface area contributed by atoms with Gasteiger partial charge >= 0.3 is 11.9 Å². The van der Waals surface area contributed by atoms with E-state index in [1.54, 1.807) is 13.0 Å². The van der Waals surface area contributed by atoms with Crippen LogP contribution in [0.3, 0.4) is 0 Å². The summed E-state index contributed by atoms with van der Waals surface area (Å²) in [5.74, 6) is -1.40. The number of rotatable bonds is 11.